The number of epoxide rings is 1. The summed E-state index contributed by atoms with van der Waals surface area (Å²) in [6.07, 6.45) is 7.81. The number of aliphatic hydroxyl groups excluding tert-OH is 2. The molecular weight excluding hydrogens is 328 g/mol. The van der Waals surface area contributed by atoms with Crippen LogP contribution < -0.4 is 0 Å². The first-order chi connectivity index (χ1) is 12.2. The summed E-state index contributed by atoms with van der Waals surface area (Å²) in [5.74, 6) is 0.717. The van der Waals surface area contributed by atoms with Gasteiger partial charge in [-0.3, -0.25) is 4.79 Å². The van der Waals surface area contributed by atoms with Gasteiger partial charge in [0, 0.05) is 6.61 Å². The van der Waals surface area contributed by atoms with Crippen molar-refractivity contribution in [1.29, 1.82) is 0 Å². The molecule has 0 amide bonds. The normalized spacial score (nSPS) is 50.5. The lowest BCUT2D eigenvalue weighted by molar-refractivity contribution is -0.117. The van der Waals surface area contributed by atoms with Gasteiger partial charge in [0.1, 0.15) is 11.7 Å². The Morgan fingerprint density at radius 2 is 2.00 bits per heavy atom. The number of Topliss-reactive ketones (excluding diaryl/α,β-unsaturated/α-hetero) is 1. The van der Waals surface area contributed by atoms with Gasteiger partial charge >= 0.3 is 0 Å². The van der Waals surface area contributed by atoms with Gasteiger partial charge in [-0.1, -0.05) is 31.9 Å². The zero-order chi connectivity index (χ0) is 18.9. The van der Waals surface area contributed by atoms with Gasteiger partial charge < -0.3 is 14.9 Å². The maximum atomic E-state index is 12.4. The van der Waals surface area contributed by atoms with Gasteiger partial charge in [0.2, 0.25) is 0 Å². The molecule has 144 valence electrons. The molecule has 0 aromatic carbocycles. The molecule has 1 saturated carbocycles. The average Bonchev–Trinajstić information content (AvgIpc) is 3.33. The van der Waals surface area contributed by atoms with Crippen molar-refractivity contribution in [3.63, 3.8) is 0 Å². The smallest absolute Gasteiger partial charge is 0.190 e. The van der Waals surface area contributed by atoms with Crippen molar-refractivity contribution in [3.05, 3.63) is 23.3 Å². The zero-order valence-electron chi connectivity index (χ0n) is 16.4. The molecule has 1 aliphatic heterocycles. The van der Waals surface area contributed by atoms with E-state index in [4.69, 9.17) is 4.74 Å². The molecule has 2 N–H and O–H groups in total. The van der Waals surface area contributed by atoms with Crippen LogP contribution in [0.4, 0.5) is 0 Å². The van der Waals surface area contributed by atoms with Crippen LogP contribution in [0.25, 0.3) is 0 Å². The molecule has 0 bridgehead atoms. The monoisotopic (exact) mass is 360 g/mol. The lowest BCUT2D eigenvalue weighted by atomic mass is 9.47. The van der Waals surface area contributed by atoms with Crippen LogP contribution in [0.1, 0.15) is 59.8 Å². The predicted octanol–water partition coefficient (Wildman–Crippen LogP) is 3.18. The van der Waals surface area contributed by atoms with Crippen molar-refractivity contribution in [1.82, 2.24) is 0 Å². The lowest BCUT2D eigenvalue weighted by Crippen LogP contribution is -2.52. The molecule has 3 aliphatic carbocycles. The summed E-state index contributed by atoms with van der Waals surface area (Å²) < 4.78 is 5.89. The van der Waals surface area contributed by atoms with E-state index in [-0.39, 0.29) is 29.1 Å². The number of carbonyl (C=O) groups is 1. The number of ether oxygens (including phenoxy) is 1. The highest BCUT2D eigenvalue weighted by Gasteiger charge is 2.68. The minimum absolute atomic E-state index is 0.0262. The number of carbonyl (C=O) groups excluding carboxylic acids is 1. The Morgan fingerprint density at radius 1 is 1.27 bits per heavy atom. The highest BCUT2D eigenvalue weighted by molar-refractivity contribution is 6.02. The first-order valence-corrected chi connectivity index (χ1v) is 10.0. The Kier molecular flexibility index (Phi) is 4.08. The van der Waals surface area contributed by atoms with Crippen LogP contribution in [0.3, 0.4) is 0 Å². The van der Waals surface area contributed by atoms with Crippen LogP contribution in [0, 0.1) is 22.7 Å². The van der Waals surface area contributed by atoms with E-state index in [9.17, 15) is 15.0 Å². The Balaban J connectivity index is 1.67. The number of aliphatic hydroxyl groups is 2. The number of rotatable bonds is 3. The van der Waals surface area contributed by atoms with Gasteiger partial charge in [-0.05, 0) is 73.8 Å². The quantitative estimate of drug-likeness (QED) is 0.599. The van der Waals surface area contributed by atoms with Crippen LogP contribution in [0.15, 0.2) is 23.3 Å². The molecule has 0 unspecified atom stereocenters. The first kappa shape index (κ1) is 18.4. The maximum absolute atomic E-state index is 12.4. The molecule has 7 atom stereocenters. The molecule has 0 aromatic heterocycles. The van der Waals surface area contributed by atoms with Crippen molar-refractivity contribution in [3.8, 4) is 0 Å². The molecule has 4 heteroatoms. The fourth-order valence-electron chi connectivity index (χ4n) is 6.49. The molecule has 0 spiro atoms. The summed E-state index contributed by atoms with van der Waals surface area (Å²) in [7, 11) is 0. The van der Waals surface area contributed by atoms with Gasteiger partial charge in [-0.25, -0.2) is 0 Å². The summed E-state index contributed by atoms with van der Waals surface area (Å²) in [5, 5.41) is 20.8. The first-order valence-electron chi connectivity index (χ1n) is 10.0. The number of hydrogen-bond acceptors (Lipinski definition) is 4. The average molecular weight is 360 g/mol. The van der Waals surface area contributed by atoms with E-state index >= 15 is 0 Å². The molecule has 1 heterocycles. The molecule has 4 rings (SSSR count). The fraction of sp³-hybridized carbons (Fsp3) is 0.773. The van der Waals surface area contributed by atoms with Crippen LogP contribution in [-0.4, -0.2) is 40.4 Å². The minimum atomic E-state index is -0.742. The summed E-state index contributed by atoms with van der Waals surface area (Å²) in [6, 6.07) is 0. The summed E-state index contributed by atoms with van der Waals surface area (Å²) in [6.45, 7) is 8.75. The molecule has 4 aliphatic rings. The molecule has 2 fully saturated rings. The second-order valence-corrected chi connectivity index (χ2v) is 9.78. The Hall–Kier alpha value is -0.970. The predicted molar refractivity (Wildman–Crippen MR) is 99.5 cm³/mol. The molecular formula is C22H32O4. The Bertz CT molecular complexity index is 694. The maximum Gasteiger partial charge on any atom is 0.190 e. The Labute approximate surface area is 156 Å². The topological polar surface area (TPSA) is 70.1 Å². The number of fused-ring (bicyclic) bond motifs is 2. The Morgan fingerprint density at radius 3 is 2.69 bits per heavy atom. The molecule has 0 aromatic rings. The third kappa shape index (κ3) is 2.35. The highest BCUT2D eigenvalue weighted by atomic mass is 16.6. The van der Waals surface area contributed by atoms with Gasteiger partial charge in [-0.2, -0.15) is 0 Å². The van der Waals surface area contributed by atoms with Crippen molar-refractivity contribution in [2.45, 2.75) is 77.6 Å². The second-order valence-electron chi connectivity index (χ2n) is 9.78. The third-order valence-corrected chi connectivity index (χ3v) is 8.27. The van der Waals surface area contributed by atoms with Crippen LogP contribution in [-0.2, 0) is 9.53 Å². The van der Waals surface area contributed by atoms with Crippen molar-refractivity contribution >= 4 is 5.78 Å². The van der Waals surface area contributed by atoms with Gasteiger partial charge in [0.05, 0.1) is 0 Å². The largest absolute Gasteiger partial charge is 0.396 e. The molecule has 0 radical (unpaired) electrons. The summed E-state index contributed by atoms with van der Waals surface area (Å²) >= 11 is 0. The van der Waals surface area contributed by atoms with Gasteiger partial charge in [0.25, 0.3) is 0 Å². The molecule has 4 nitrogen and oxygen atoms in total. The van der Waals surface area contributed by atoms with E-state index in [2.05, 4.69) is 26.8 Å². The summed E-state index contributed by atoms with van der Waals surface area (Å²) in [5.41, 5.74) is 1.23. The van der Waals surface area contributed by atoms with Crippen molar-refractivity contribution < 1.29 is 19.7 Å². The second kappa shape index (κ2) is 5.76. The fourth-order valence-corrected chi connectivity index (χ4v) is 6.49. The van der Waals surface area contributed by atoms with E-state index in [1.807, 2.05) is 0 Å². The van der Waals surface area contributed by atoms with Crippen LogP contribution in [0.5, 0.6) is 0 Å². The summed E-state index contributed by atoms with van der Waals surface area (Å²) in [4.78, 5) is 12.4. The number of ketones is 1. The van der Waals surface area contributed by atoms with Crippen molar-refractivity contribution in [2.24, 2.45) is 22.7 Å². The zero-order valence-corrected chi connectivity index (χ0v) is 16.4. The number of hydrogen-bond donors (Lipinski definition) is 2. The van der Waals surface area contributed by atoms with Gasteiger partial charge in [-0.15, -0.1) is 0 Å². The molecule has 26 heavy (non-hydrogen) atoms. The minimum Gasteiger partial charge on any atom is -0.396 e. The molecule has 1 saturated heterocycles. The van der Waals surface area contributed by atoms with E-state index in [0.29, 0.717) is 17.9 Å². The highest BCUT2D eigenvalue weighted by Crippen LogP contribution is 2.63. The van der Waals surface area contributed by atoms with E-state index in [1.165, 1.54) is 5.57 Å². The SMILES string of the molecule is CC1=C[C@@H](O)[C@]2(C[C@H]3C(C)=CC[C@H]4[C@](C)(CO)CCC[C@]34C)O[C@@H]2C1=O. The van der Waals surface area contributed by atoms with Crippen LogP contribution in [0.2, 0.25) is 0 Å². The lowest BCUT2D eigenvalue weighted by Gasteiger charge is -2.57. The van der Waals surface area contributed by atoms with Crippen LogP contribution >= 0.6 is 0 Å². The standard InChI is InChI=1S/C22H32O4/c1-13-6-7-16-20(3,12-23)8-5-9-21(16,4)15(13)11-22-17(24)10-14(2)18(25)19(22)26-22/h6,10,15-17,19,23-24H,5,7-9,11-12H2,1-4H3/t15-,16-,17+,19+,20-,21+,22-/m0/s1. The third-order valence-electron chi connectivity index (χ3n) is 8.27. The van der Waals surface area contributed by atoms with E-state index in [0.717, 1.165) is 25.7 Å². The van der Waals surface area contributed by atoms with E-state index < -0.39 is 17.8 Å². The van der Waals surface area contributed by atoms with Crippen molar-refractivity contribution in [2.75, 3.05) is 6.61 Å². The van der Waals surface area contributed by atoms with E-state index in [1.54, 1.807) is 13.0 Å². The number of allylic oxidation sites excluding steroid dienone is 2. The van der Waals surface area contributed by atoms with Gasteiger partial charge in [0.15, 0.2) is 11.9 Å².